The van der Waals surface area contributed by atoms with Crippen LogP contribution in [0.3, 0.4) is 0 Å². The number of pyridine rings is 1. The molecular weight excluding hydrogens is 493 g/mol. The predicted octanol–water partition coefficient (Wildman–Crippen LogP) is 5.09. The highest BCUT2D eigenvalue weighted by atomic mass is 32.2. The van der Waals surface area contributed by atoms with Crippen LogP contribution in [0.5, 0.6) is 5.75 Å². The van der Waals surface area contributed by atoms with E-state index < -0.39 is 15.8 Å². The van der Waals surface area contributed by atoms with Crippen molar-refractivity contribution in [1.82, 2.24) is 9.88 Å². The summed E-state index contributed by atoms with van der Waals surface area (Å²) in [5.41, 5.74) is 3.99. The van der Waals surface area contributed by atoms with Crippen LogP contribution in [0.15, 0.2) is 47.4 Å². The number of nitrogens with zero attached hydrogens (tertiary/aromatic N) is 1. The number of hydrogen-bond donors (Lipinski definition) is 2. The number of ether oxygens (including phenoxy) is 1. The van der Waals surface area contributed by atoms with Crippen molar-refractivity contribution >= 4 is 27.9 Å². The molecule has 0 bridgehead atoms. The van der Waals surface area contributed by atoms with Crippen LogP contribution in [-0.2, 0) is 22.0 Å². The first-order valence-electron chi connectivity index (χ1n) is 11.7. The molecule has 0 saturated heterocycles. The van der Waals surface area contributed by atoms with E-state index in [-0.39, 0.29) is 16.5 Å². The third kappa shape index (κ3) is 7.30. The maximum Gasteiger partial charge on any atom is 0.256 e. The number of nitrogens with one attached hydrogen (secondary N) is 2. The molecule has 0 fully saturated rings. The Morgan fingerprint density at radius 3 is 2.35 bits per heavy atom. The molecule has 0 aliphatic rings. The van der Waals surface area contributed by atoms with Crippen LogP contribution >= 0.6 is 0 Å². The van der Waals surface area contributed by atoms with Gasteiger partial charge < -0.3 is 14.6 Å². The van der Waals surface area contributed by atoms with Gasteiger partial charge in [-0.3, -0.25) is 9.52 Å². The van der Waals surface area contributed by atoms with Crippen molar-refractivity contribution in [3.8, 4) is 16.9 Å². The van der Waals surface area contributed by atoms with Gasteiger partial charge in [-0.25, -0.2) is 12.8 Å². The number of H-pyrrole nitrogens is 1. The maximum absolute atomic E-state index is 14.0. The summed E-state index contributed by atoms with van der Waals surface area (Å²) in [5, 5.41) is 0. The fourth-order valence-corrected chi connectivity index (χ4v) is 4.65. The van der Waals surface area contributed by atoms with Crippen LogP contribution in [0, 0.1) is 5.82 Å². The molecule has 0 aliphatic carbocycles. The van der Waals surface area contributed by atoms with E-state index >= 15 is 0 Å². The number of sulfonamides is 1. The lowest BCUT2D eigenvalue weighted by Gasteiger charge is -2.24. The van der Waals surface area contributed by atoms with Crippen molar-refractivity contribution in [2.75, 3.05) is 32.2 Å². The molecule has 2 aromatic carbocycles. The first-order chi connectivity index (χ1) is 17.2. The van der Waals surface area contributed by atoms with Gasteiger partial charge in [0.25, 0.3) is 5.56 Å². The lowest BCUT2D eigenvalue weighted by Crippen LogP contribution is -2.15. The molecular formula is C28H34FN3O4S. The molecule has 9 heteroatoms. The van der Waals surface area contributed by atoms with E-state index in [0.717, 1.165) is 34.7 Å². The predicted molar refractivity (Wildman–Crippen MR) is 149 cm³/mol. The lowest BCUT2D eigenvalue weighted by atomic mass is 9.83. The molecule has 0 atom stereocenters. The minimum Gasteiger partial charge on any atom is -0.496 e. The average Bonchev–Trinajstić information content (AvgIpc) is 2.77. The number of aromatic amines is 1. The molecule has 0 saturated carbocycles. The smallest absolute Gasteiger partial charge is 0.256 e. The molecule has 1 heterocycles. The monoisotopic (exact) mass is 527 g/mol. The fraction of sp³-hybridized carbons (Fsp3) is 0.321. The van der Waals surface area contributed by atoms with Crippen molar-refractivity contribution in [2.24, 2.45) is 0 Å². The first-order valence-corrected chi connectivity index (χ1v) is 13.6. The zero-order chi connectivity index (χ0) is 27.5. The average molecular weight is 528 g/mol. The van der Waals surface area contributed by atoms with E-state index in [1.165, 1.54) is 6.07 Å². The number of hydrogen-bond acceptors (Lipinski definition) is 5. The zero-order valence-corrected chi connectivity index (χ0v) is 23.1. The summed E-state index contributed by atoms with van der Waals surface area (Å²) in [6.07, 6.45) is 5.97. The Morgan fingerprint density at radius 1 is 1.08 bits per heavy atom. The molecule has 198 valence electrons. The van der Waals surface area contributed by atoms with Gasteiger partial charge in [-0.15, -0.1) is 0 Å². The van der Waals surface area contributed by atoms with Gasteiger partial charge in [0, 0.05) is 35.1 Å². The number of methoxy groups -OCH3 is 1. The quantitative estimate of drug-likeness (QED) is 0.398. The van der Waals surface area contributed by atoms with Gasteiger partial charge in [0.15, 0.2) is 0 Å². The number of aromatic nitrogens is 1. The molecule has 37 heavy (non-hydrogen) atoms. The van der Waals surface area contributed by atoms with Crippen LogP contribution < -0.4 is 15.0 Å². The normalized spacial score (nSPS) is 12.4. The third-order valence-electron chi connectivity index (χ3n) is 5.68. The second-order valence-corrected chi connectivity index (χ2v) is 12.1. The molecule has 1 aromatic heterocycles. The number of benzene rings is 2. The standard InChI is InChI=1S/C28H34FN3O4S/c1-28(2,3)25-14-20(24-15-22(29)16-30-27(24)33)12-19(26(25)36-6)9-8-18-10-11-23(31-37(7,34)35)13-21(18)17-32(4)5/h8-16,31H,17H2,1-7H3,(H,30,33). The van der Waals surface area contributed by atoms with Gasteiger partial charge >= 0.3 is 0 Å². The number of anilines is 1. The highest BCUT2D eigenvalue weighted by Gasteiger charge is 2.23. The van der Waals surface area contributed by atoms with Crippen molar-refractivity contribution < 1.29 is 17.5 Å². The molecule has 3 aromatic rings. The van der Waals surface area contributed by atoms with Crippen LogP contribution in [0.2, 0.25) is 0 Å². The molecule has 2 N–H and O–H groups in total. The Morgan fingerprint density at radius 2 is 1.76 bits per heavy atom. The molecule has 7 nitrogen and oxygen atoms in total. The van der Waals surface area contributed by atoms with Crippen molar-refractivity contribution in [2.45, 2.75) is 32.7 Å². The van der Waals surface area contributed by atoms with Crippen molar-refractivity contribution in [1.29, 1.82) is 0 Å². The summed E-state index contributed by atoms with van der Waals surface area (Å²) in [4.78, 5) is 17.0. The topological polar surface area (TPSA) is 91.5 Å². The van der Waals surface area contributed by atoms with Crippen LogP contribution in [0.25, 0.3) is 23.3 Å². The SMILES string of the molecule is COc1c(C=Cc2ccc(NS(C)(=O)=O)cc2CN(C)C)cc(-c2cc(F)c[nH]c2=O)cc1C(C)(C)C. The van der Waals surface area contributed by atoms with E-state index in [1.54, 1.807) is 25.3 Å². The third-order valence-corrected chi connectivity index (χ3v) is 6.29. The number of halogens is 1. The maximum atomic E-state index is 14.0. The van der Waals surface area contributed by atoms with Gasteiger partial charge in [-0.05, 0) is 66.5 Å². The fourth-order valence-electron chi connectivity index (χ4n) is 4.09. The summed E-state index contributed by atoms with van der Waals surface area (Å²) < 4.78 is 45.8. The van der Waals surface area contributed by atoms with Gasteiger partial charge in [-0.1, -0.05) is 39.0 Å². The summed E-state index contributed by atoms with van der Waals surface area (Å²) in [6.45, 7) is 6.71. The van der Waals surface area contributed by atoms with Gasteiger partial charge in [-0.2, -0.15) is 0 Å². The Balaban J connectivity index is 2.19. The van der Waals surface area contributed by atoms with E-state index in [1.807, 2.05) is 64.1 Å². The highest BCUT2D eigenvalue weighted by Crippen LogP contribution is 2.38. The van der Waals surface area contributed by atoms with Crippen molar-refractivity contribution in [3.05, 3.63) is 81.0 Å². The van der Waals surface area contributed by atoms with Crippen LogP contribution in [-0.4, -0.2) is 45.8 Å². The summed E-state index contributed by atoms with van der Waals surface area (Å²) in [6, 6.07) is 10.3. The lowest BCUT2D eigenvalue weighted by molar-refractivity contribution is 0.397. The molecule has 0 spiro atoms. The Hall–Kier alpha value is -3.43. The highest BCUT2D eigenvalue weighted by molar-refractivity contribution is 7.92. The van der Waals surface area contributed by atoms with E-state index in [2.05, 4.69) is 9.71 Å². The van der Waals surface area contributed by atoms with Crippen LogP contribution in [0.4, 0.5) is 10.1 Å². The summed E-state index contributed by atoms with van der Waals surface area (Å²) in [5.74, 6) is 0.126. The minimum absolute atomic E-state index is 0.229. The molecule has 0 radical (unpaired) electrons. The minimum atomic E-state index is -3.41. The Kier molecular flexibility index (Phi) is 8.29. The summed E-state index contributed by atoms with van der Waals surface area (Å²) >= 11 is 0. The zero-order valence-electron chi connectivity index (χ0n) is 22.3. The molecule has 0 amide bonds. The first kappa shape index (κ1) is 28.1. The van der Waals surface area contributed by atoms with Gasteiger partial charge in [0.2, 0.25) is 10.0 Å². The van der Waals surface area contributed by atoms with Gasteiger partial charge in [0.05, 0.1) is 13.4 Å². The molecule has 0 unspecified atom stereocenters. The second-order valence-electron chi connectivity index (χ2n) is 10.3. The number of rotatable bonds is 8. The Labute approximate surface area is 218 Å². The summed E-state index contributed by atoms with van der Waals surface area (Å²) in [7, 11) is 2.05. The van der Waals surface area contributed by atoms with E-state index in [4.69, 9.17) is 4.74 Å². The second kappa shape index (κ2) is 10.9. The Bertz CT molecular complexity index is 1490. The molecule has 3 rings (SSSR count). The van der Waals surface area contributed by atoms with Gasteiger partial charge in [0.1, 0.15) is 11.6 Å². The van der Waals surface area contributed by atoms with Crippen LogP contribution in [0.1, 0.15) is 43.0 Å². The largest absolute Gasteiger partial charge is 0.496 e. The van der Waals surface area contributed by atoms with E-state index in [9.17, 15) is 17.6 Å². The van der Waals surface area contributed by atoms with Crippen molar-refractivity contribution in [3.63, 3.8) is 0 Å². The van der Waals surface area contributed by atoms with E-state index in [0.29, 0.717) is 23.5 Å². The molecule has 0 aliphatic heterocycles.